The minimum Gasteiger partial charge on any atom is -0.295 e. The molecular formula is C8H14O. The molecule has 52 valence electrons. The molecule has 0 heterocycles. The lowest BCUT2D eigenvalue weighted by atomic mass is 10.2. The van der Waals surface area contributed by atoms with Gasteiger partial charge in [0.2, 0.25) is 0 Å². The van der Waals surface area contributed by atoms with E-state index in [9.17, 15) is 4.79 Å². The Bertz CT molecular complexity index is 119. The van der Waals surface area contributed by atoms with Crippen LogP contribution in [0, 0.1) is 0 Å². The van der Waals surface area contributed by atoms with E-state index in [0.29, 0.717) is 6.42 Å². The predicted molar refractivity (Wildman–Crippen MR) is 39.3 cm³/mol. The molecule has 0 aliphatic carbocycles. The van der Waals surface area contributed by atoms with Gasteiger partial charge in [0.15, 0.2) is 5.78 Å². The monoisotopic (exact) mass is 126 g/mol. The maximum Gasteiger partial charge on any atom is 0.155 e. The van der Waals surface area contributed by atoms with E-state index in [0.717, 1.165) is 12.0 Å². The molecule has 0 aromatic heterocycles. The van der Waals surface area contributed by atoms with Gasteiger partial charge in [-0.3, -0.25) is 4.79 Å². The first-order valence-corrected chi connectivity index (χ1v) is 3.34. The third-order valence-electron chi connectivity index (χ3n) is 0.946. The molecule has 0 aromatic rings. The van der Waals surface area contributed by atoms with Crippen LogP contribution in [0.4, 0.5) is 0 Å². The second-order valence-corrected chi connectivity index (χ2v) is 2.44. The summed E-state index contributed by atoms with van der Waals surface area (Å²) in [6.45, 7) is 5.89. The van der Waals surface area contributed by atoms with Crippen molar-refractivity contribution in [3.8, 4) is 0 Å². The van der Waals surface area contributed by atoms with Crippen molar-refractivity contribution >= 4 is 5.78 Å². The standard InChI is InChI=1S/C8H14O/c1-4-5-8(9)6-7(2)3/h6H,4-5H2,1-3H3. The minimum atomic E-state index is 0.248. The topological polar surface area (TPSA) is 17.1 Å². The van der Waals surface area contributed by atoms with Gasteiger partial charge in [-0.25, -0.2) is 0 Å². The molecule has 0 radical (unpaired) electrons. The van der Waals surface area contributed by atoms with E-state index in [1.54, 1.807) is 6.08 Å². The molecule has 0 N–H and O–H groups in total. The van der Waals surface area contributed by atoms with E-state index in [2.05, 4.69) is 0 Å². The Morgan fingerprint density at radius 1 is 1.44 bits per heavy atom. The fourth-order valence-electron chi connectivity index (χ4n) is 0.641. The second kappa shape index (κ2) is 4.30. The Hall–Kier alpha value is -0.590. The number of hydrogen-bond donors (Lipinski definition) is 0. The number of allylic oxidation sites excluding steroid dienone is 2. The zero-order valence-corrected chi connectivity index (χ0v) is 6.40. The summed E-state index contributed by atoms with van der Waals surface area (Å²) in [6, 6.07) is 0. The Kier molecular flexibility index (Phi) is 4.02. The maximum atomic E-state index is 10.8. The summed E-state index contributed by atoms with van der Waals surface area (Å²) in [5.74, 6) is 0.248. The Morgan fingerprint density at radius 3 is 2.33 bits per heavy atom. The average Bonchev–Trinajstić information content (AvgIpc) is 1.63. The molecule has 0 aliphatic rings. The Labute approximate surface area is 56.8 Å². The lowest BCUT2D eigenvalue weighted by Crippen LogP contribution is -1.90. The van der Waals surface area contributed by atoms with E-state index in [-0.39, 0.29) is 5.78 Å². The molecule has 0 saturated heterocycles. The van der Waals surface area contributed by atoms with Crippen LogP contribution in [0.5, 0.6) is 0 Å². The van der Waals surface area contributed by atoms with Crippen LogP contribution in [-0.4, -0.2) is 5.78 Å². The summed E-state index contributed by atoms with van der Waals surface area (Å²) in [4.78, 5) is 10.8. The maximum absolute atomic E-state index is 10.8. The van der Waals surface area contributed by atoms with Gasteiger partial charge in [-0.2, -0.15) is 0 Å². The van der Waals surface area contributed by atoms with Crippen molar-refractivity contribution < 1.29 is 4.79 Å². The highest BCUT2D eigenvalue weighted by atomic mass is 16.1. The lowest BCUT2D eigenvalue weighted by Gasteiger charge is -1.89. The van der Waals surface area contributed by atoms with Crippen LogP contribution in [0.25, 0.3) is 0 Å². The van der Waals surface area contributed by atoms with Crippen LogP contribution in [0.15, 0.2) is 11.6 Å². The fraction of sp³-hybridized carbons (Fsp3) is 0.625. The number of ketones is 1. The number of carbonyl (C=O) groups is 1. The third kappa shape index (κ3) is 5.28. The van der Waals surface area contributed by atoms with Gasteiger partial charge in [0, 0.05) is 6.42 Å². The highest BCUT2D eigenvalue weighted by Crippen LogP contribution is 1.94. The van der Waals surface area contributed by atoms with E-state index < -0.39 is 0 Å². The Morgan fingerprint density at radius 2 is 2.00 bits per heavy atom. The first-order valence-electron chi connectivity index (χ1n) is 3.34. The molecule has 0 unspecified atom stereocenters. The van der Waals surface area contributed by atoms with E-state index in [1.165, 1.54) is 0 Å². The summed E-state index contributed by atoms with van der Waals surface area (Å²) in [5.41, 5.74) is 1.09. The lowest BCUT2D eigenvalue weighted by molar-refractivity contribution is -0.114. The fourth-order valence-corrected chi connectivity index (χ4v) is 0.641. The third-order valence-corrected chi connectivity index (χ3v) is 0.946. The normalized spacial score (nSPS) is 8.78. The van der Waals surface area contributed by atoms with E-state index in [1.807, 2.05) is 20.8 Å². The van der Waals surface area contributed by atoms with Crippen molar-refractivity contribution in [2.75, 3.05) is 0 Å². The molecule has 9 heavy (non-hydrogen) atoms. The van der Waals surface area contributed by atoms with Crippen LogP contribution < -0.4 is 0 Å². The second-order valence-electron chi connectivity index (χ2n) is 2.44. The van der Waals surface area contributed by atoms with Gasteiger partial charge in [-0.1, -0.05) is 12.5 Å². The van der Waals surface area contributed by atoms with Gasteiger partial charge >= 0.3 is 0 Å². The summed E-state index contributed by atoms with van der Waals surface area (Å²) in [6.07, 6.45) is 3.33. The van der Waals surface area contributed by atoms with E-state index in [4.69, 9.17) is 0 Å². The van der Waals surface area contributed by atoms with E-state index >= 15 is 0 Å². The molecule has 1 nitrogen and oxygen atoms in total. The molecule has 0 aromatic carbocycles. The number of hydrogen-bond acceptors (Lipinski definition) is 1. The molecule has 0 fully saturated rings. The van der Waals surface area contributed by atoms with Gasteiger partial charge in [-0.05, 0) is 26.3 Å². The zero-order chi connectivity index (χ0) is 7.28. The SMILES string of the molecule is CCCC(=O)C=C(C)C. The average molecular weight is 126 g/mol. The first kappa shape index (κ1) is 8.41. The van der Waals surface area contributed by atoms with Crippen LogP contribution in [0.1, 0.15) is 33.6 Å². The largest absolute Gasteiger partial charge is 0.295 e. The highest BCUT2D eigenvalue weighted by molar-refractivity contribution is 5.90. The Balaban J connectivity index is 3.63. The molecule has 0 atom stereocenters. The van der Waals surface area contributed by atoms with Crippen molar-refractivity contribution in [3.05, 3.63) is 11.6 Å². The summed E-state index contributed by atoms with van der Waals surface area (Å²) < 4.78 is 0. The van der Waals surface area contributed by atoms with Crippen molar-refractivity contribution in [1.82, 2.24) is 0 Å². The van der Waals surface area contributed by atoms with Crippen molar-refractivity contribution in [2.45, 2.75) is 33.6 Å². The molecule has 1 heteroatoms. The minimum absolute atomic E-state index is 0.248. The predicted octanol–water partition coefficient (Wildman–Crippen LogP) is 2.32. The molecule has 0 aliphatic heterocycles. The van der Waals surface area contributed by atoms with Crippen molar-refractivity contribution in [1.29, 1.82) is 0 Å². The summed E-state index contributed by atoms with van der Waals surface area (Å²) in [7, 11) is 0. The van der Waals surface area contributed by atoms with Gasteiger partial charge in [0.25, 0.3) is 0 Å². The van der Waals surface area contributed by atoms with Crippen molar-refractivity contribution in [3.63, 3.8) is 0 Å². The first-order chi connectivity index (χ1) is 4.16. The molecule has 0 spiro atoms. The molecule has 0 rings (SSSR count). The quantitative estimate of drug-likeness (QED) is 0.530. The molecule has 0 amide bonds. The summed E-state index contributed by atoms with van der Waals surface area (Å²) in [5, 5.41) is 0. The van der Waals surface area contributed by atoms with Crippen LogP contribution in [0.3, 0.4) is 0 Å². The number of carbonyl (C=O) groups excluding carboxylic acids is 1. The van der Waals surface area contributed by atoms with Crippen LogP contribution in [-0.2, 0) is 4.79 Å². The van der Waals surface area contributed by atoms with Crippen molar-refractivity contribution in [2.24, 2.45) is 0 Å². The highest BCUT2D eigenvalue weighted by Gasteiger charge is 1.92. The van der Waals surface area contributed by atoms with Gasteiger partial charge in [0.05, 0.1) is 0 Å². The number of rotatable bonds is 3. The molecule has 0 saturated carbocycles. The zero-order valence-electron chi connectivity index (χ0n) is 6.40. The van der Waals surface area contributed by atoms with Gasteiger partial charge < -0.3 is 0 Å². The van der Waals surface area contributed by atoms with Gasteiger partial charge in [0.1, 0.15) is 0 Å². The van der Waals surface area contributed by atoms with Gasteiger partial charge in [-0.15, -0.1) is 0 Å². The summed E-state index contributed by atoms with van der Waals surface area (Å²) >= 11 is 0. The molecule has 0 bridgehead atoms. The smallest absolute Gasteiger partial charge is 0.155 e. The van der Waals surface area contributed by atoms with Crippen LogP contribution >= 0.6 is 0 Å². The van der Waals surface area contributed by atoms with Crippen LogP contribution in [0.2, 0.25) is 0 Å². The molecular weight excluding hydrogens is 112 g/mol.